The molecule has 1 aromatic carbocycles. The second-order valence-electron chi connectivity index (χ2n) is 8.04. The molecule has 1 saturated heterocycles. The highest BCUT2D eigenvalue weighted by Gasteiger charge is 2.23. The molecule has 5 aromatic rings. The third-order valence-electron chi connectivity index (χ3n) is 6.00. The summed E-state index contributed by atoms with van der Waals surface area (Å²) in [6, 6.07) is 13.4. The number of fused-ring (bicyclic) bond motifs is 2. The van der Waals surface area contributed by atoms with Crippen LogP contribution in [0.5, 0.6) is 0 Å². The van der Waals surface area contributed by atoms with Gasteiger partial charge in [0, 0.05) is 59.6 Å². The van der Waals surface area contributed by atoms with Gasteiger partial charge in [-0.15, -0.1) is 11.3 Å². The van der Waals surface area contributed by atoms with Crippen LogP contribution in [-0.2, 0) is 0 Å². The van der Waals surface area contributed by atoms with Crippen molar-refractivity contribution in [1.82, 2.24) is 24.8 Å². The number of H-pyrrole nitrogens is 2. The van der Waals surface area contributed by atoms with Crippen molar-refractivity contribution >= 4 is 45.0 Å². The van der Waals surface area contributed by atoms with Gasteiger partial charge in [0.15, 0.2) is 5.69 Å². The molecule has 1 fully saturated rings. The number of hydrogen-bond acceptors (Lipinski definition) is 6. The van der Waals surface area contributed by atoms with Crippen LogP contribution in [0.4, 0.5) is 5.82 Å². The van der Waals surface area contributed by atoms with Gasteiger partial charge in [-0.25, -0.2) is 9.97 Å². The Hall–Kier alpha value is -3.98. The van der Waals surface area contributed by atoms with Gasteiger partial charge in [-0.3, -0.25) is 9.59 Å². The van der Waals surface area contributed by atoms with E-state index in [0.29, 0.717) is 30.0 Å². The number of amides is 1. The average Bonchev–Trinajstić information content (AvgIpc) is 3.49. The Morgan fingerprint density at radius 1 is 0.970 bits per heavy atom. The number of carbonyl (C=O) groups is 1. The number of thiophene rings is 1. The Kier molecular flexibility index (Phi) is 4.69. The topological polar surface area (TPSA) is 98.0 Å². The van der Waals surface area contributed by atoms with Crippen molar-refractivity contribution in [1.29, 1.82) is 0 Å². The van der Waals surface area contributed by atoms with Crippen molar-refractivity contribution in [3.05, 3.63) is 75.3 Å². The molecule has 0 spiro atoms. The normalized spacial score (nSPS) is 14.3. The van der Waals surface area contributed by atoms with Gasteiger partial charge in [0.05, 0.1) is 16.7 Å². The van der Waals surface area contributed by atoms with Gasteiger partial charge in [-0.1, -0.05) is 12.1 Å². The standard InChI is InChI=1S/C24H20N6O2S/c31-23-22(27-19-13-33-14-20(19)28-23)18-11-15-4-5-16(12-17(15)26-18)24(32)30-9-7-29(8-10-30)21-3-1-2-6-25-21/h1-6,11-14,26H,7-10H2,(H,28,31). The van der Waals surface area contributed by atoms with Gasteiger partial charge in [0.25, 0.3) is 11.5 Å². The lowest BCUT2D eigenvalue weighted by Crippen LogP contribution is -2.49. The van der Waals surface area contributed by atoms with Crippen LogP contribution in [0.25, 0.3) is 33.3 Å². The highest BCUT2D eigenvalue weighted by molar-refractivity contribution is 7.09. The highest BCUT2D eigenvalue weighted by atomic mass is 32.1. The fourth-order valence-electron chi connectivity index (χ4n) is 4.26. The molecule has 1 amide bonds. The van der Waals surface area contributed by atoms with Crippen LogP contribution in [0.1, 0.15) is 10.4 Å². The molecule has 1 aliphatic rings. The molecular formula is C24H20N6O2S. The minimum absolute atomic E-state index is 0.00406. The fourth-order valence-corrected chi connectivity index (χ4v) is 4.95. The number of piperazine rings is 1. The second kappa shape index (κ2) is 7.86. The zero-order chi connectivity index (χ0) is 22.4. The van der Waals surface area contributed by atoms with Gasteiger partial charge in [-0.05, 0) is 30.3 Å². The summed E-state index contributed by atoms with van der Waals surface area (Å²) in [4.78, 5) is 44.8. The van der Waals surface area contributed by atoms with Gasteiger partial charge in [-0.2, -0.15) is 0 Å². The predicted molar refractivity (Wildman–Crippen MR) is 130 cm³/mol. The van der Waals surface area contributed by atoms with E-state index in [9.17, 15) is 9.59 Å². The maximum atomic E-state index is 13.1. The van der Waals surface area contributed by atoms with Crippen LogP contribution >= 0.6 is 11.3 Å². The van der Waals surface area contributed by atoms with E-state index in [4.69, 9.17) is 0 Å². The summed E-state index contributed by atoms with van der Waals surface area (Å²) in [5.74, 6) is 0.943. The van der Waals surface area contributed by atoms with Crippen molar-refractivity contribution in [2.24, 2.45) is 0 Å². The first-order valence-electron chi connectivity index (χ1n) is 10.7. The minimum Gasteiger partial charge on any atom is -0.353 e. The first-order valence-corrected chi connectivity index (χ1v) is 11.6. The average molecular weight is 457 g/mol. The summed E-state index contributed by atoms with van der Waals surface area (Å²) < 4.78 is 0. The molecule has 9 heteroatoms. The van der Waals surface area contributed by atoms with Crippen LogP contribution in [0.2, 0.25) is 0 Å². The lowest BCUT2D eigenvalue weighted by atomic mass is 10.1. The number of rotatable bonds is 3. The van der Waals surface area contributed by atoms with Crippen molar-refractivity contribution < 1.29 is 4.79 Å². The van der Waals surface area contributed by atoms with E-state index in [0.717, 1.165) is 40.8 Å². The van der Waals surface area contributed by atoms with Gasteiger partial charge in [0.1, 0.15) is 5.82 Å². The van der Waals surface area contributed by atoms with Crippen LogP contribution < -0.4 is 10.5 Å². The van der Waals surface area contributed by atoms with Gasteiger partial charge >= 0.3 is 0 Å². The quantitative estimate of drug-likeness (QED) is 0.433. The Labute approximate surface area is 192 Å². The maximum Gasteiger partial charge on any atom is 0.276 e. The van der Waals surface area contributed by atoms with Crippen molar-refractivity contribution in [2.75, 3.05) is 31.1 Å². The molecule has 0 atom stereocenters. The van der Waals surface area contributed by atoms with Crippen molar-refractivity contribution in [2.45, 2.75) is 0 Å². The number of nitrogens with zero attached hydrogens (tertiary/aromatic N) is 4. The fraction of sp³-hybridized carbons (Fsp3) is 0.167. The summed E-state index contributed by atoms with van der Waals surface area (Å²) in [6.45, 7) is 2.78. The largest absolute Gasteiger partial charge is 0.353 e. The third kappa shape index (κ3) is 3.56. The zero-order valence-corrected chi connectivity index (χ0v) is 18.4. The first-order chi connectivity index (χ1) is 16.2. The number of hydrogen-bond donors (Lipinski definition) is 2. The van der Waals surface area contributed by atoms with Crippen LogP contribution in [0.3, 0.4) is 0 Å². The molecule has 5 heterocycles. The lowest BCUT2D eigenvalue weighted by molar-refractivity contribution is 0.0746. The van der Waals surface area contributed by atoms with Gasteiger partial charge in [0.2, 0.25) is 0 Å². The number of aromatic nitrogens is 4. The summed E-state index contributed by atoms with van der Waals surface area (Å²) in [6.07, 6.45) is 1.79. The van der Waals surface area contributed by atoms with E-state index in [-0.39, 0.29) is 11.5 Å². The Balaban J connectivity index is 1.24. The predicted octanol–water partition coefficient (Wildman–Crippen LogP) is 3.49. The van der Waals surface area contributed by atoms with E-state index in [1.165, 1.54) is 11.3 Å². The molecule has 1 aliphatic heterocycles. The molecule has 8 nitrogen and oxygen atoms in total. The summed E-state index contributed by atoms with van der Waals surface area (Å²) in [5.41, 5.74) is 3.65. The van der Waals surface area contributed by atoms with Crippen LogP contribution in [0.15, 0.2) is 64.2 Å². The van der Waals surface area contributed by atoms with Crippen molar-refractivity contribution in [3.63, 3.8) is 0 Å². The summed E-state index contributed by atoms with van der Waals surface area (Å²) in [5, 5.41) is 4.70. The summed E-state index contributed by atoms with van der Waals surface area (Å²) in [7, 11) is 0. The maximum absolute atomic E-state index is 13.1. The molecule has 0 bridgehead atoms. The number of nitrogens with one attached hydrogen (secondary N) is 2. The number of carbonyl (C=O) groups excluding carboxylic acids is 1. The number of benzene rings is 1. The molecule has 0 radical (unpaired) electrons. The third-order valence-corrected chi connectivity index (χ3v) is 6.73. The van der Waals surface area contributed by atoms with Gasteiger partial charge < -0.3 is 19.8 Å². The molecule has 2 N–H and O–H groups in total. The van der Waals surface area contributed by atoms with E-state index >= 15 is 0 Å². The SMILES string of the molecule is O=C(c1ccc2cc(-c3nc4cscc4[nH]c3=O)[nH]c2c1)N1CCN(c2ccccn2)CC1. The van der Waals surface area contributed by atoms with E-state index in [2.05, 4.69) is 24.8 Å². The molecule has 0 saturated carbocycles. The van der Waals surface area contributed by atoms with E-state index < -0.39 is 0 Å². The van der Waals surface area contributed by atoms with E-state index in [1.807, 2.05) is 58.1 Å². The van der Waals surface area contributed by atoms with Crippen molar-refractivity contribution in [3.8, 4) is 11.4 Å². The number of anilines is 1. The molecule has 6 rings (SSSR count). The molecular weight excluding hydrogens is 436 g/mol. The first kappa shape index (κ1) is 19.7. The number of aromatic amines is 2. The monoisotopic (exact) mass is 456 g/mol. The molecule has 33 heavy (non-hydrogen) atoms. The smallest absolute Gasteiger partial charge is 0.276 e. The lowest BCUT2D eigenvalue weighted by Gasteiger charge is -2.35. The zero-order valence-electron chi connectivity index (χ0n) is 17.6. The minimum atomic E-state index is -0.241. The van der Waals surface area contributed by atoms with E-state index in [1.54, 1.807) is 6.20 Å². The Morgan fingerprint density at radius 3 is 2.67 bits per heavy atom. The van der Waals surface area contributed by atoms with Crippen LogP contribution in [0, 0.1) is 0 Å². The Morgan fingerprint density at radius 2 is 1.85 bits per heavy atom. The second-order valence-corrected chi connectivity index (χ2v) is 8.78. The Bertz CT molecular complexity index is 1530. The summed E-state index contributed by atoms with van der Waals surface area (Å²) >= 11 is 1.50. The molecule has 0 unspecified atom stereocenters. The molecule has 4 aromatic heterocycles. The van der Waals surface area contributed by atoms with Crippen LogP contribution in [-0.4, -0.2) is 56.9 Å². The molecule has 164 valence electrons. The molecule has 0 aliphatic carbocycles. The number of pyridine rings is 1. The highest BCUT2D eigenvalue weighted by Crippen LogP contribution is 2.24.